The van der Waals surface area contributed by atoms with Crippen LogP contribution in [0.5, 0.6) is 11.5 Å². The number of aliphatic hydroxyl groups is 1. The molecule has 0 aliphatic carbocycles. The first kappa shape index (κ1) is 14.3. The highest BCUT2D eigenvalue weighted by Crippen LogP contribution is 2.35. The fraction of sp³-hybridized carbons (Fsp3) is 0.143. The molecule has 6 heteroatoms. The van der Waals surface area contributed by atoms with Gasteiger partial charge in [-0.2, -0.15) is 0 Å². The van der Waals surface area contributed by atoms with E-state index < -0.39 is 4.92 Å². The van der Waals surface area contributed by atoms with Crippen LogP contribution in [0, 0.1) is 17.0 Å². The molecule has 0 saturated heterocycles. The lowest BCUT2D eigenvalue weighted by atomic mass is 10.2. The Morgan fingerprint density at radius 2 is 2.10 bits per heavy atom. The van der Waals surface area contributed by atoms with Crippen LogP contribution in [-0.4, -0.2) is 10.0 Å². The zero-order valence-corrected chi connectivity index (χ0v) is 11.4. The predicted octanol–water partition coefficient (Wildman–Crippen LogP) is 3.84. The van der Waals surface area contributed by atoms with E-state index in [2.05, 4.69) is 0 Å². The number of nitro benzene ring substituents is 1. The van der Waals surface area contributed by atoms with Gasteiger partial charge in [0.1, 0.15) is 5.75 Å². The van der Waals surface area contributed by atoms with Gasteiger partial charge in [-0.15, -0.1) is 0 Å². The molecular weight excluding hydrogens is 282 g/mol. The average molecular weight is 294 g/mol. The molecule has 0 amide bonds. The number of hydrogen-bond donors (Lipinski definition) is 1. The van der Waals surface area contributed by atoms with E-state index in [9.17, 15) is 15.2 Å². The molecule has 0 spiro atoms. The molecule has 0 unspecified atom stereocenters. The molecule has 0 bridgehead atoms. The van der Waals surface area contributed by atoms with Crippen LogP contribution in [0.15, 0.2) is 36.4 Å². The second kappa shape index (κ2) is 5.90. The molecule has 0 aromatic heterocycles. The summed E-state index contributed by atoms with van der Waals surface area (Å²) in [6.45, 7) is 1.50. The highest BCUT2D eigenvalue weighted by atomic mass is 35.5. The van der Waals surface area contributed by atoms with Gasteiger partial charge in [0.25, 0.3) is 5.69 Å². The van der Waals surface area contributed by atoms with Gasteiger partial charge in [-0.3, -0.25) is 10.1 Å². The lowest BCUT2D eigenvalue weighted by Gasteiger charge is -2.13. The first-order valence-electron chi connectivity index (χ1n) is 5.84. The van der Waals surface area contributed by atoms with E-state index >= 15 is 0 Å². The molecule has 2 aromatic rings. The minimum absolute atomic E-state index is 0.00334. The van der Waals surface area contributed by atoms with Crippen molar-refractivity contribution < 1.29 is 14.8 Å². The normalized spacial score (nSPS) is 10.3. The number of aliphatic hydroxyl groups excluding tert-OH is 1. The summed E-state index contributed by atoms with van der Waals surface area (Å²) < 4.78 is 5.68. The van der Waals surface area contributed by atoms with Gasteiger partial charge in [0.15, 0.2) is 5.75 Å². The van der Waals surface area contributed by atoms with Gasteiger partial charge < -0.3 is 9.84 Å². The number of para-hydroxylation sites is 1. The van der Waals surface area contributed by atoms with Crippen molar-refractivity contribution in [1.82, 2.24) is 0 Å². The third kappa shape index (κ3) is 2.89. The molecular formula is C14H12ClNO4. The second-order valence-electron chi connectivity index (χ2n) is 4.20. The number of benzene rings is 2. The molecule has 20 heavy (non-hydrogen) atoms. The van der Waals surface area contributed by atoms with Crippen molar-refractivity contribution in [2.45, 2.75) is 13.5 Å². The maximum absolute atomic E-state index is 10.7. The van der Waals surface area contributed by atoms with Gasteiger partial charge in [-0.05, 0) is 24.6 Å². The number of nitro groups is 1. The summed E-state index contributed by atoms with van der Waals surface area (Å²) >= 11 is 6.05. The molecule has 104 valence electrons. The zero-order valence-electron chi connectivity index (χ0n) is 10.7. The number of rotatable bonds is 4. The number of ether oxygens (including phenoxy) is 1. The summed E-state index contributed by atoms with van der Waals surface area (Å²) in [7, 11) is 0. The topological polar surface area (TPSA) is 72.6 Å². The van der Waals surface area contributed by atoms with Crippen molar-refractivity contribution in [2.24, 2.45) is 0 Å². The van der Waals surface area contributed by atoms with Gasteiger partial charge in [-0.25, -0.2) is 0 Å². The summed E-state index contributed by atoms with van der Waals surface area (Å²) in [5.74, 6) is 0.812. The molecule has 5 nitrogen and oxygen atoms in total. The summed E-state index contributed by atoms with van der Waals surface area (Å²) in [4.78, 5) is 10.2. The van der Waals surface area contributed by atoms with E-state index in [1.807, 2.05) is 0 Å². The number of aryl methyl sites for hydroxylation is 1. The summed E-state index contributed by atoms with van der Waals surface area (Å²) in [6.07, 6.45) is 0. The minimum atomic E-state index is -0.467. The van der Waals surface area contributed by atoms with E-state index in [0.717, 1.165) is 0 Å². The van der Waals surface area contributed by atoms with E-state index in [1.165, 1.54) is 18.2 Å². The first-order valence-corrected chi connectivity index (χ1v) is 6.22. The van der Waals surface area contributed by atoms with Crippen molar-refractivity contribution in [3.63, 3.8) is 0 Å². The molecule has 0 radical (unpaired) electrons. The van der Waals surface area contributed by atoms with Gasteiger partial charge in [0.2, 0.25) is 0 Å². The Kier molecular flexibility index (Phi) is 4.22. The van der Waals surface area contributed by atoms with Crippen LogP contribution in [0.1, 0.15) is 11.1 Å². The number of non-ortho nitro benzene ring substituents is 1. The van der Waals surface area contributed by atoms with Crippen molar-refractivity contribution in [1.29, 1.82) is 0 Å². The SMILES string of the molecule is Cc1cc([N+](=O)[O-])ccc1Oc1c(Cl)cccc1CO. The van der Waals surface area contributed by atoms with Crippen LogP contribution in [-0.2, 0) is 6.61 Å². The molecule has 0 atom stereocenters. The first-order chi connectivity index (χ1) is 9.52. The smallest absolute Gasteiger partial charge is 0.269 e. The molecule has 0 fully saturated rings. The van der Waals surface area contributed by atoms with Crippen LogP contribution in [0.25, 0.3) is 0 Å². The van der Waals surface area contributed by atoms with E-state index in [-0.39, 0.29) is 12.3 Å². The third-order valence-electron chi connectivity index (χ3n) is 2.80. The van der Waals surface area contributed by atoms with Crippen molar-refractivity contribution in [2.75, 3.05) is 0 Å². The van der Waals surface area contributed by atoms with Crippen LogP contribution < -0.4 is 4.74 Å². The summed E-state index contributed by atoms with van der Waals surface area (Å²) in [6, 6.07) is 9.35. The standard InChI is InChI=1S/C14H12ClNO4/c1-9-7-11(16(18)19)5-6-13(9)20-14-10(8-17)3-2-4-12(14)15/h2-7,17H,8H2,1H3. The Labute approximate surface area is 120 Å². The Morgan fingerprint density at radius 1 is 1.35 bits per heavy atom. The van der Waals surface area contributed by atoms with Crippen molar-refractivity contribution in [3.8, 4) is 11.5 Å². The van der Waals surface area contributed by atoms with E-state index in [1.54, 1.807) is 25.1 Å². The number of hydrogen-bond acceptors (Lipinski definition) is 4. The van der Waals surface area contributed by atoms with Gasteiger partial charge >= 0.3 is 0 Å². The fourth-order valence-corrected chi connectivity index (χ4v) is 2.00. The predicted molar refractivity (Wildman–Crippen MR) is 75.3 cm³/mol. The Balaban J connectivity index is 2.38. The minimum Gasteiger partial charge on any atom is -0.455 e. The molecule has 1 N–H and O–H groups in total. The maximum atomic E-state index is 10.7. The largest absolute Gasteiger partial charge is 0.455 e. The Bertz CT molecular complexity index is 658. The van der Waals surface area contributed by atoms with Crippen molar-refractivity contribution in [3.05, 3.63) is 62.7 Å². The van der Waals surface area contributed by atoms with Crippen molar-refractivity contribution >= 4 is 17.3 Å². The zero-order chi connectivity index (χ0) is 14.7. The van der Waals surface area contributed by atoms with Crippen LogP contribution >= 0.6 is 11.6 Å². The number of nitrogens with zero attached hydrogens (tertiary/aromatic N) is 1. The van der Waals surface area contributed by atoms with Crippen LogP contribution in [0.4, 0.5) is 5.69 Å². The van der Waals surface area contributed by atoms with E-state index in [0.29, 0.717) is 27.6 Å². The Morgan fingerprint density at radius 3 is 2.70 bits per heavy atom. The highest BCUT2D eigenvalue weighted by Gasteiger charge is 2.13. The molecule has 0 aliphatic heterocycles. The van der Waals surface area contributed by atoms with Gasteiger partial charge in [0, 0.05) is 17.7 Å². The van der Waals surface area contributed by atoms with E-state index in [4.69, 9.17) is 16.3 Å². The van der Waals surface area contributed by atoms with Gasteiger partial charge in [-0.1, -0.05) is 23.7 Å². The summed E-state index contributed by atoms with van der Waals surface area (Å²) in [5, 5.41) is 20.3. The fourth-order valence-electron chi connectivity index (χ4n) is 1.76. The Hall–Kier alpha value is -2.11. The molecule has 0 heterocycles. The molecule has 0 saturated carbocycles. The molecule has 2 rings (SSSR count). The third-order valence-corrected chi connectivity index (χ3v) is 3.10. The maximum Gasteiger partial charge on any atom is 0.269 e. The van der Waals surface area contributed by atoms with Crippen LogP contribution in [0.3, 0.4) is 0 Å². The monoisotopic (exact) mass is 293 g/mol. The van der Waals surface area contributed by atoms with Crippen LogP contribution in [0.2, 0.25) is 5.02 Å². The molecule has 0 aliphatic rings. The summed E-state index contributed by atoms with van der Waals surface area (Å²) in [5.41, 5.74) is 1.16. The lowest BCUT2D eigenvalue weighted by molar-refractivity contribution is -0.384. The second-order valence-corrected chi connectivity index (χ2v) is 4.60. The average Bonchev–Trinajstić information content (AvgIpc) is 2.42. The number of halogens is 1. The lowest BCUT2D eigenvalue weighted by Crippen LogP contribution is -1.95. The van der Waals surface area contributed by atoms with Gasteiger partial charge in [0.05, 0.1) is 16.6 Å². The molecule has 2 aromatic carbocycles. The quantitative estimate of drug-likeness (QED) is 0.686. The highest BCUT2D eigenvalue weighted by molar-refractivity contribution is 6.32.